The molecule has 1 aliphatic rings. The molecule has 70 heavy (non-hydrogen) atoms. The van der Waals surface area contributed by atoms with Crippen LogP contribution >= 0.6 is 0 Å². The molecular weight excluding hydrogens is 853 g/mol. The van der Waals surface area contributed by atoms with Gasteiger partial charge < -0.3 is 19.0 Å². The Labute approximate surface area is 405 Å². The van der Waals surface area contributed by atoms with Gasteiger partial charge in [-0.05, 0) is 134 Å². The van der Waals surface area contributed by atoms with Gasteiger partial charge in [-0.3, -0.25) is 0 Å². The van der Waals surface area contributed by atoms with E-state index >= 15 is 0 Å². The van der Waals surface area contributed by atoms with Gasteiger partial charge in [0.05, 0.1) is 11.4 Å². The van der Waals surface area contributed by atoms with Crippen molar-refractivity contribution in [2.45, 2.75) is 0 Å². The first-order valence-electron chi connectivity index (χ1n) is 23.8. The Morgan fingerprint density at radius 1 is 0.271 bits per heavy atom. The SMILES string of the molecule is c1ccc(-c2ccccc2N(c2ccc(-c3cc4c5cccc6c5c(cc4c4ccccc34)-c3ccc(N(c4ccccc4)c4ccccc4)cc3O6)cc2)c2cccc3c2oc2ccccc23)cc1. The lowest BCUT2D eigenvalue weighted by molar-refractivity contribution is 0.487. The van der Waals surface area contributed by atoms with E-state index in [0.717, 1.165) is 95.2 Å². The van der Waals surface area contributed by atoms with E-state index < -0.39 is 0 Å². The molecule has 0 bridgehead atoms. The molecule has 2 heterocycles. The van der Waals surface area contributed by atoms with E-state index in [2.05, 4.69) is 259 Å². The van der Waals surface area contributed by atoms with E-state index in [-0.39, 0.29) is 0 Å². The summed E-state index contributed by atoms with van der Waals surface area (Å²) in [6.07, 6.45) is 0. The summed E-state index contributed by atoms with van der Waals surface area (Å²) >= 11 is 0. The highest BCUT2D eigenvalue weighted by Gasteiger charge is 2.26. The Morgan fingerprint density at radius 3 is 1.61 bits per heavy atom. The molecule has 0 radical (unpaired) electrons. The van der Waals surface area contributed by atoms with Crippen molar-refractivity contribution in [2.75, 3.05) is 9.80 Å². The minimum atomic E-state index is 0.840. The standard InChI is InChI=1S/C66H42N2O2/c1-4-18-43(19-5-1)49-24-12-14-30-60(49)68(61-31-16-29-55-52-27-13-15-32-62(52)70-66(55)61)47-36-34-44(35-37-47)56-41-58-54-28-17-33-63-65(54)59(42-57(58)51-26-11-10-25-50(51)56)53-39-38-48(40-64(53)69-63)67(45-20-6-2-7-21-45)46-22-8-3-9-23-46/h1-42H. The summed E-state index contributed by atoms with van der Waals surface area (Å²) in [5.41, 5.74) is 14.8. The second-order valence-corrected chi connectivity index (χ2v) is 18.0. The molecule has 1 aromatic heterocycles. The molecule has 14 rings (SSSR count). The zero-order chi connectivity index (χ0) is 46.1. The third-order valence-electron chi connectivity index (χ3n) is 14.0. The molecule has 0 fully saturated rings. The van der Waals surface area contributed by atoms with Crippen LogP contribution in [0.15, 0.2) is 259 Å². The van der Waals surface area contributed by atoms with Gasteiger partial charge in [0.1, 0.15) is 17.1 Å². The van der Waals surface area contributed by atoms with E-state index in [0.29, 0.717) is 0 Å². The summed E-state index contributed by atoms with van der Waals surface area (Å²) in [6.45, 7) is 0. The molecule has 0 unspecified atom stereocenters. The molecule has 0 spiro atoms. The molecule has 0 N–H and O–H groups in total. The zero-order valence-corrected chi connectivity index (χ0v) is 38.0. The smallest absolute Gasteiger partial charge is 0.159 e. The normalized spacial score (nSPS) is 11.8. The van der Waals surface area contributed by atoms with Crippen molar-refractivity contribution in [3.05, 3.63) is 255 Å². The largest absolute Gasteiger partial charge is 0.456 e. The van der Waals surface area contributed by atoms with Crippen LogP contribution in [-0.4, -0.2) is 0 Å². The molecule has 328 valence electrons. The van der Waals surface area contributed by atoms with Crippen molar-refractivity contribution >= 4 is 88.4 Å². The van der Waals surface area contributed by atoms with Gasteiger partial charge in [-0.25, -0.2) is 0 Å². The Kier molecular flexibility index (Phi) is 9.17. The van der Waals surface area contributed by atoms with E-state index in [1.54, 1.807) is 0 Å². The van der Waals surface area contributed by atoms with Gasteiger partial charge in [-0.15, -0.1) is 0 Å². The van der Waals surface area contributed by atoms with Gasteiger partial charge in [-0.2, -0.15) is 0 Å². The fraction of sp³-hybridized carbons (Fsp3) is 0. The fourth-order valence-corrected chi connectivity index (χ4v) is 10.9. The maximum atomic E-state index is 6.91. The maximum Gasteiger partial charge on any atom is 0.159 e. The Hall–Kier alpha value is -9.38. The molecule has 0 saturated heterocycles. The number of nitrogens with zero attached hydrogens (tertiary/aromatic N) is 2. The number of anilines is 6. The first-order chi connectivity index (χ1) is 34.7. The average Bonchev–Trinajstić information content (AvgIpc) is 3.82. The molecule has 1 aliphatic heterocycles. The molecule has 4 nitrogen and oxygen atoms in total. The van der Waals surface area contributed by atoms with Gasteiger partial charge in [0.2, 0.25) is 0 Å². The number of ether oxygens (including phenoxy) is 1. The number of fused-ring (bicyclic) bond motifs is 9. The predicted molar refractivity (Wildman–Crippen MR) is 292 cm³/mol. The summed E-state index contributed by atoms with van der Waals surface area (Å²) < 4.78 is 13.6. The van der Waals surface area contributed by atoms with Gasteiger partial charge in [-0.1, -0.05) is 164 Å². The lowest BCUT2D eigenvalue weighted by Crippen LogP contribution is -2.11. The summed E-state index contributed by atoms with van der Waals surface area (Å²) in [5.74, 6) is 1.70. The number of rotatable bonds is 8. The summed E-state index contributed by atoms with van der Waals surface area (Å²) in [5, 5.41) is 9.30. The predicted octanol–water partition coefficient (Wildman–Crippen LogP) is 19.1. The quantitative estimate of drug-likeness (QED) is 0.142. The molecule has 0 aliphatic carbocycles. The van der Waals surface area contributed by atoms with Gasteiger partial charge >= 0.3 is 0 Å². The Balaban J connectivity index is 0.917. The van der Waals surface area contributed by atoms with Gasteiger partial charge in [0.25, 0.3) is 0 Å². The van der Waals surface area contributed by atoms with Crippen molar-refractivity contribution in [2.24, 2.45) is 0 Å². The van der Waals surface area contributed by atoms with E-state index in [1.165, 1.54) is 38.1 Å². The number of furan rings is 1. The van der Waals surface area contributed by atoms with Gasteiger partial charge in [0, 0.05) is 56.1 Å². The second kappa shape index (κ2) is 16.2. The summed E-state index contributed by atoms with van der Waals surface area (Å²) in [7, 11) is 0. The number of benzene rings is 12. The molecule has 0 saturated carbocycles. The molecular formula is C66H42N2O2. The minimum Gasteiger partial charge on any atom is -0.456 e. The molecule has 4 heteroatoms. The van der Waals surface area contributed by atoms with Crippen molar-refractivity contribution in [3.8, 4) is 44.9 Å². The highest BCUT2D eigenvalue weighted by Crippen LogP contribution is 2.52. The Bertz CT molecular complexity index is 4110. The lowest BCUT2D eigenvalue weighted by atomic mass is 9.86. The van der Waals surface area contributed by atoms with Crippen LogP contribution in [0.1, 0.15) is 0 Å². The van der Waals surface area contributed by atoms with Gasteiger partial charge in [0.15, 0.2) is 5.58 Å². The first kappa shape index (κ1) is 39.8. The molecule has 13 aromatic rings. The Morgan fingerprint density at radius 2 is 0.829 bits per heavy atom. The number of para-hydroxylation sites is 5. The van der Waals surface area contributed by atoms with Crippen LogP contribution in [0, 0.1) is 0 Å². The van der Waals surface area contributed by atoms with Crippen LogP contribution in [-0.2, 0) is 0 Å². The van der Waals surface area contributed by atoms with Crippen molar-refractivity contribution in [3.63, 3.8) is 0 Å². The topological polar surface area (TPSA) is 28.9 Å². The van der Waals surface area contributed by atoms with E-state index in [9.17, 15) is 0 Å². The van der Waals surface area contributed by atoms with Crippen LogP contribution in [0.2, 0.25) is 0 Å². The van der Waals surface area contributed by atoms with Crippen LogP contribution in [0.25, 0.3) is 87.6 Å². The van der Waals surface area contributed by atoms with Crippen molar-refractivity contribution < 1.29 is 9.15 Å². The first-order valence-corrected chi connectivity index (χ1v) is 23.8. The highest BCUT2D eigenvalue weighted by atomic mass is 16.5. The fourth-order valence-electron chi connectivity index (χ4n) is 10.9. The summed E-state index contributed by atoms with van der Waals surface area (Å²) in [6, 6.07) is 90.9. The molecule has 0 atom stereocenters. The third kappa shape index (κ3) is 6.38. The van der Waals surface area contributed by atoms with E-state index in [4.69, 9.17) is 9.15 Å². The summed E-state index contributed by atoms with van der Waals surface area (Å²) in [4.78, 5) is 4.63. The lowest BCUT2D eigenvalue weighted by Gasteiger charge is -2.28. The van der Waals surface area contributed by atoms with E-state index in [1.807, 2.05) is 6.07 Å². The third-order valence-corrected chi connectivity index (χ3v) is 14.0. The highest BCUT2D eigenvalue weighted by molar-refractivity contribution is 6.25. The zero-order valence-electron chi connectivity index (χ0n) is 38.0. The minimum absolute atomic E-state index is 0.840. The van der Waals surface area contributed by atoms with Crippen LogP contribution in [0.3, 0.4) is 0 Å². The maximum absolute atomic E-state index is 6.91. The van der Waals surface area contributed by atoms with Crippen LogP contribution in [0.4, 0.5) is 34.1 Å². The van der Waals surface area contributed by atoms with Crippen molar-refractivity contribution in [1.29, 1.82) is 0 Å². The van der Waals surface area contributed by atoms with Crippen molar-refractivity contribution in [1.82, 2.24) is 0 Å². The number of hydrogen-bond donors (Lipinski definition) is 0. The number of hydrogen-bond acceptors (Lipinski definition) is 4. The molecule has 0 amide bonds. The molecule has 12 aromatic carbocycles. The van der Waals surface area contributed by atoms with Crippen LogP contribution in [0.5, 0.6) is 11.5 Å². The van der Waals surface area contributed by atoms with Crippen LogP contribution < -0.4 is 14.5 Å². The monoisotopic (exact) mass is 894 g/mol. The average molecular weight is 895 g/mol. The second-order valence-electron chi connectivity index (χ2n) is 18.0.